The maximum atomic E-state index is 13.9. The molecule has 0 spiro atoms. The Balaban J connectivity index is 1.77. The SMILES string of the molecule is C=C(c1sc2ccccc2c1CC1=CCC(C)(/C=C/C)C=C1)c1c(C)cc(F)cc1C. The molecule has 3 aromatic rings. The molecule has 0 amide bonds. The van der Waals surface area contributed by atoms with Gasteiger partial charge in [0.05, 0.1) is 0 Å². The van der Waals surface area contributed by atoms with E-state index in [2.05, 4.69) is 75.1 Å². The van der Waals surface area contributed by atoms with Crippen LogP contribution in [0.3, 0.4) is 0 Å². The molecule has 0 bridgehead atoms. The highest BCUT2D eigenvalue weighted by molar-refractivity contribution is 7.20. The van der Waals surface area contributed by atoms with E-state index in [4.69, 9.17) is 0 Å². The lowest BCUT2D eigenvalue weighted by Gasteiger charge is -2.24. The highest BCUT2D eigenvalue weighted by Gasteiger charge is 2.22. The van der Waals surface area contributed by atoms with E-state index in [1.165, 1.54) is 26.1 Å². The smallest absolute Gasteiger partial charge is 0.123 e. The van der Waals surface area contributed by atoms with Crippen LogP contribution in [-0.2, 0) is 6.42 Å². The predicted molar refractivity (Wildman–Crippen MR) is 134 cm³/mol. The third kappa shape index (κ3) is 4.22. The second kappa shape index (κ2) is 8.43. The molecule has 1 atom stereocenters. The summed E-state index contributed by atoms with van der Waals surface area (Å²) < 4.78 is 15.2. The Bertz CT molecular complexity index is 1230. The van der Waals surface area contributed by atoms with E-state index in [0.29, 0.717) is 0 Å². The predicted octanol–water partition coefficient (Wildman–Crippen LogP) is 8.73. The zero-order valence-corrected chi connectivity index (χ0v) is 19.6. The molecule has 0 saturated carbocycles. The van der Waals surface area contributed by atoms with Crippen LogP contribution in [0.2, 0.25) is 0 Å². The molecule has 0 nitrogen and oxygen atoms in total. The molecule has 0 radical (unpaired) electrons. The first-order chi connectivity index (χ1) is 14.8. The van der Waals surface area contributed by atoms with E-state index in [-0.39, 0.29) is 11.2 Å². The monoisotopic (exact) mass is 428 g/mol. The van der Waals surface area contributed by atoms with Gasteiger partial charge in [0, 0.05) is 15.0 Å². The van der Waals surface area contributed by atoms with Crippen LogP contribution in [0.1, 0.15) is 47.4 Å². The van der Waals surface area contributed by atoms with E-state index in [1.807, 2.05) is 13.8 Å². The van der Waals surface area contributed by atoms with Crippen molar-refractivity contribution < 1.29 is 4.39 Å². The molecule has 31 heavy (non-hydrogen) atoms. The lowest BCUT2D eigenvalue weighted by molar-refractivity contribution is 0.552. The lowest BCUT2D eigenvalue weighted by atomic mass is 9.80. The van der Waals surface area contributed by atoms with Crippen molar-refractivity contribution in [3.8, 4) is 0 Å². The Morgan fingerprint density at radius 2 is 1.90 bits per heavy atom. The molecular formula is C29H29FS. The van der Waals surface area contributed by atoms with E-state index < -0.39 is 0 Å². The normalized spacial score (nSPS) is 18.7. The lowest BCUT2D eigenvalue weighted by Crippen LogP contribution is -2.11. The van der Waals surface area contributed by atoms with E-state index in [0.717, 1.165) is 35.1 Å². The molecular weight excluding hydrogens is 399 g/mol. The first-order valence-electron chi connectivity index (χ1n) is 10.8. The molecule has 1 aromatic heterocycles. The molecule has 0 saturated heterocycles. The summed E-state index contributed by atoms with van der Waals surface area (Å²) in [4.78, 5) is 1.20. The largest absolute Gasteiger partial charge is 0.207 e. The van der Waals surface area contributed by atoms with Crippen LogP contribution >= 0.6 is 11.3 Å². The summed E-state index contributed by atoms with van der Waals surface area (Å²) in [6, 6.07) is 11.8. The van der Waals surface area contributed by atoms with Crippen molar-refractivity contribution in [3.05, 3.63) is 112 Å². The minimum Gasteiger partial charge on any atom is -0.207 e. The first-order valence-corrected chi connectivity index (χ1v) is 11.6. The van der Waals surface area contributed by atoms with Crippen molar-refractivity contribution in [1.29, 1.82) is 0 Å². The number of fused-ring (bicyclic) bond motifs is 1. The van der Waals surface area contributed by atoms with Crippen LogP contribution in [0.25, 0.3) is 15.7 Å². The van der Waals surface area contributed by atoms with Crippen LogP contribution in [0.5, 0.6) is 0 Å². The van der Waals surface area contributed by atoms with Gasteiger partial charge in [-0.25, -0.2) is 4.39 Å². The van der Waals surface area contributed by atoms with Crippen LogP contribution < -0.4 is 0 Å². The number of benzene rings is 2. The third-order valence-electron chi connectivity index (χ3n) is 6.18. The summed E-state index contributed by atoms with van der Waals surface area (Å²) in [6.45, 7) is 12.8. The van der Waals surface area contributed by atoms with Gasteiger partial charge < -0.3 is 0 Å². The highest BCUT2D eigenvalue weighted by atomic mass is 32.1. The quantitative estimate of drug-likeness (QED) is 0.356. The van der Waals surface area contributed by atoms with Crippen LogP contribution in [0.4, 0.5) is 4.39 Å². The Morgan fingerprint density at radius 3 is 2.55 bits per heavy atom. The number of hydrogen-bond donors (Lipinski definition) is 0. The average Bonchev–Trinajstić information content (AvgIpc) is 3.08. The second-order valence-electron chi connectivity index (χ2n) is 8.80. The van der Waals surface area contributed by atoms with Crippen LogP contribution in [0, 0.1) is 25.1 Å². The van der Waals surface area contributed by atoms with Gasteiger partial charge in [-0.3, -0.25) is 0 Å². The number of hydrogen-bond acceptors (Lipinski definition) is 1. The molecule has 2 aromatic carbocycles. The average molecular weight is 429 g/mol. The molecule has 4 rings (SSSR count). The number of allylic oxidation sites excluding steroid dienone is 6. The Labute approximate surface area is 189 Å². The molecule has 1 aliphatic carbocycles. The topological polar surface area (TPSA) is 0 Å². The Morgan fingerprint density at radius 1 is 1.19 bits per heavy atom. The van der Waals surface area contributed by atoms with Gasteiger partial charge in [0.25, 0.3) is 0 Å². The van der Waals surface area contributed by atoms with E-state index in [9.17, 15) is 4.39 Å². The summed E-state index contributed by atoms with van der Waals surface area (Å²) >= 11 is 1.79. The van der Waals surface area contributed by atoms with Crippen molar-refractivity contribution in [1.82, 2.24) is 0 Å². The van der Waals surface area contributed by atoms with Crippen molar-refractivity contribution in [2.45, 2.75) is 40.5 Å². The maximum Gasteiger partial charge on any atom is 0.123 e. The van der Waals surface area contributed by atoms with Gasteiger partial charge in [0.2, 0.25) is 0 Å². The highest BCUT2D eigenvalue weighted by Crippen LogP contribution is 2.41. The fraction of sp³-hybridized carbons (Fsp3) is 0.241. The molecule has 0 N–H and O–H groups in total. The zero-order chi connectivity index (χ0) is 22.2. The van der Waals surface area contributed by atoms with Gasteiger partial charge in [-0.05, 0) is 90.6 Å². The van der Waals surface area contributed by atoms with E-state index >= 15 is 0 Å². The van der Waals surface area contributed by atoms with Crippen molar-refractivity contribution >= 4 is 27.0 Å². The van der Waals surface area contributed by atoms with Crippen molar-refractivity contribution in [3.63, 3.8) is 0 Å². The number of halogens is 1. The van der Waals surface area contributed by atoms with Gasteiger partial charge in [-0.2, -0.15) is 0 Å². The summed E-state index contributed by atoms with van der Waals surface area (Å²) in [7, 11) is 0. The van der Waals surface area contributed by atoms with Gasteiger partial charge in [0.1, 0.15) is 5.82 Å². The standard InChI is InChI=1S/C29H29FS/c1-6-13-29(5)14-11-22(12-15-29)18-25-24-9-7-8-10-26(24)31-28(25)21(4)27-19(2)16-23(30)17-20(27)3/h6-14,16-17H,4,15,18H2,1-3,5H3/b13-6+. The molecule has 1 unspecified atom stereocenters. The molecule has 2 heteroatoms. The zero-order valence-electron chi connectivity index (χ0n) is 18.8. The van der Waals surface area contributed by atoms with Gasteiger partial charge in [-0.1, -0.05) is 62.1 Å². The Kier molecular flexibility index (Phi) is 5.85. The summed E-state index contributed by atoms with van der Waals surface area (Å²) in [5, 5.41) is 1.29. The fourth-order valence-electron chi connectivity index (χ4n) is 4.64. The molecule has 0 aliphatic heterocycles. The van der Waals surface area contributed by atoms with Crippen LogP contribution in [0.15, 0.2) is 78.9 Å². The Hall–Kier alpha value is -2.71. The molecule has 1 aliphatic rings. The van der Waals surface area contributed by atoms with E-state index in [1.54, 1.807) is 23.5 Å². The fourth-order valence-corrected chi connectivity index (χ4v) is 5.84. The number of aryl methyl sites for hydroxylation is 2. The summed E-state index contributed by atoms with van der Waals surface area (Å²) in [5.41, 5.74) is 6.68. The van der Waals surface area contributed by atoms with Crippen LogP contribution in [-0.4, -0.2) is 0 Å². The number of thiophene rings is 1. The first kappa shape index (κ1) is 21.5. The minimum atomic E-state index is -0.190. The van der Waals surface area contributed by atoms with Gasteiger partial charge in [-0.15, -0.1) is 11.3 Å². The number of rotatable bonds is 5. The molecule has 1 heterocycles. The van der Waals surface area contributed by atoms with Gasteiger partial charge >= 0.3 is 0 Å². The molecule has 0 fully saturated rings. The maximum absolute atomic E-state index is 13.9. The third-order valence-corrected chi connectivity index (χ3v) is 7.45. The summed E-state index contributed by atoms with van der Waals surface area (Å²) in [6.07, 6.45) is 13.2. The summed E-state index contributed by atoms with van der Waals surface area (Å²) in [5.74, 6) is -0.190. The van der Waals surface area contributed by atoms with Gasteiger partial charge in [0.15, 0.2) is 0 Å². The second-order valence-corrected chi connectivity index (χ2v) is 9.85. The van der Waals surface area contributed by atoms with Crippen molar-refractivity contribution in [2.75, 3.05) is 0 Å². The van der Waals surface area contributed by atoms with Crippen molar-refractivity contribution in [2.24, 2.45) is 5.41 Å². The molecule has 158 valence electrons. The minimum absolute atomic E-state index is 0.101.